The van der Waals surface area contributed by atoms with Gasteiger partial charge < -0.3 is 19.3 Å². The molecule has 3 aromatic rings. The maximum Gasteiger partial charge on any atom is 0.119 e. The minimum Gasteiger partial charge on any atom is -0.494 e. The smallest absolute Gasteiger partial charge is 0.119 e. The lowest BCUT2D eigenvalue weighted by Gasteiger charge is -2.16. The van der Waals surface area contributed by atoms with Gasteiger partial charge in [-0.2, -0.15) is 0 Å². The number of benzene rings is 3. The van der Waals surface area contributed by atoms with Gasteiger partial charge >= 0.3 is 0 Å². The van der Waals surface area contributed by atoms with Gasteiger partial charge in [-0.05, 0) is 100 Å². The van der Waals surface area contributed by atoms with Gasteiger partial charge in [-0.15, -0.1) is 0 Å². The molecule has 0 unspecified atom stereocenters. The van der Waals surface area contributed by atoms with Crippen LogP contribution in [0.15, 0.2) is 78.9 Å². The molecular formula is C31H40N2O2. The van der Waals surface area contributed by atoms with Crippen LogP contribution in [0, 0.1) is 0 Å². The molecule has 0 saturated heterocycles. The summed E-state index contributed by atoms with van der Waals surface area (Å²) in [6, 6.07) is 27.5. The van der Waals surface area contributed by atoms with Crippen molar-refractivity contribution >= 4 is 11.1 Å². The predicted molar refractivity (Wildman–Crippen MR) is 148 cm³/mol. The summed E-state index contributed by atoms with van der Waals surface area (Å²) in [5, 5.41) is 0. The van der Waals surface area contributed by atoms with Crippen molar-refractivity contribution in [3.8, 4) is 11.5 Å². The molecule has 35 heavy (non-hydrogen) atoms. The Morgan fingerprint density at radius 2 is 1.00 bits per heavy atom. The fourth-order valence-corrected chi connectivity index (χ4v) is 4.01. The summed E-state index contributed by atoms with van der Waals surface area (Å²) in [6.45, 7) is 5.69. The van der Waals surface area contributed by atoms with Crippen LogP contribution in [-0.2, 0) is 0 Å². The van der Waals surface area contributed by atoms with Gasteiger partial charge in [-0.25, -0.2) is 0 Å². The van der Waals surface area contributed by atoms with E-state index in [1.165, 1.54) is 27.8 Å². The second-order valence-electron chi connectivity index (χ2n) is 9.43. The van der Waals surface area contributed by atoms with Gasteiger partial charge in [0, 0.05) is 13.1 Å². The monoisotopic (exact) mass is 472 g/mol. The summed E-state index contributed by atoms with van der Waals surface area (Å²) >= 11 is 0. The van der Waals surface area contributed by atoms with Gasteiger partial charge in [-0.3, -0.25) is 0 Å². The Kier molecular flexibility index (Phi) is 10.4. The molecule has 3 aromatic carbocycles. The molecule has 4 nitrogen and oxygen atoms in total. The number of ether oxygens (including phenoxy) is 2. The lowest BCUT2D eigenvalue weighted by Crippen LogP contribution is -2.15. The molecule has 0 radical (unpaired) electrons. The fourth-order valence-electron chi connectivity index (χ4n) is 4.01. The number of allylic oxidation sites excluding steroid dienone is 1. The summed E-state index contributed by atoms with van der Waals surface area (Å²) in [5.74, 6) is 1.82. The first-order valence-corrected chi connectivity index (χ1v) is 12.5. The largest absolute Gasteiger partial charge is 0.494 e. The Bertz CT molecular complexity index is 978. The number of rotatable bonds is 13. The first-order valence-electron chi connectivity index (χ1n) is 12.5. The summed E-state index contributed by atoms with van der Waals surface area (Å²) in [6.07, 6.45) is 2.02. The second-order valence-corrected chi connectivity index (χ2v) is 9.43. The molecule has 0 fully saturated rings. The highest BCUT2D eigenvalue weighted by atomic mass is 16.5. The van der Waals surface area contributed by atoms with Crippen LogP contribution in [0.2, 0.25) is 0 Å². The molecule has 0 N–H and O–H groups in total. The third-order valence-corrected chi connectivity index (χ3v) is 5.90. The van der Waals surface area contributed by atoms with Crippen LogP contribution in [0.1, 0.15) is 36.5 Å². The molecule has 0 aliphatic heterocycles. The van der Waals surface area contributed by atoms with E-state index in [0.717, 1.165) is 50.6 Å². The average Bonchev–Trinajstić information content (AvgIpc) is 2.86. The van der Waals surface area contributed by atoms with E-state index in [4.69, 9.17) is 9.47 Å². The highest BCUT2D eigenvalue weighted by Crippen LogP contribution is 2.33. The van der Waals surface area contributed by atoms with Crippen molar-refractivity contribution in [1.82, 2.24) is 9.80 Å². The maximum absolute atomic E-state index is 5.96. The molecule has 0 atom stereocenters. The van der Waals surface area contributed by atoms with Crippen molar-refractivity contribution in [2.75, 3.05) is 54.5 Å². The van der Waals surface area contributed by atoms with Crippen molar-refractivity contribution in [3.63, 3.8) is 0 Å². The maximum atomic E-state index is 5.96. The quantitative estimate of drug-likeness (QED) is 0.214. The van der Waals surface area contributed by atoms with Crippen molar-refractivity contribution in [1.29, 1.82) is 0 Å². The number of hydrogen-bond donors (Lipinski definition) is 0. The van der Waals surface area contributed by atoms with Crippen LogP contribution >= 0.6 is 0 Å². The molecule has 186 valence electrons. The minimum absolute atomic E-state index is 0.721. The van der Waals surface area contributed by atoms with E-state index in [-0.39, 0.29) is 0 Å². The first kappa shape index (κ1) is 26.5. The Balaban J connectivity index is 1.81. The zero-order valence-corrected chi connectivity index (χ0v) is 22.0. The molecule has 0 heterocycles. The highest BCUT2D eigenvalue weighted by Gasteiger charge is 2.12. The Labute approximate surface area is 211 Å². The second kappa shape index (κ2) is 13.7. The van der Waals surface area contributed by atoms with Crippen LogP contribution < -0.4 is 9.47 Å². The minimum atomic E-state index is 0.721. The summed E-state index contributed by atoms with van der Waals surface area (Å²) in [5.41, 5.74) is 6.02. The lowest BCUT2D eigenvalue weighted by atomic mass is 9.90. The standard InChI is InChI=1S/C31H40N2O2/c1-25(26-11-7-6-8-12-26)31(27-13-17-29(18-14-27)34-23-9-21-32(2)3)28-15-19-30(20-16-28)35-24-10-22-33(4)5/h6-8,11-20H,9-10,21-24H2,1-5H3. The molecule has 0 saturated carbocycles. The van der Waals surface area contributed by atoms with Crippen LogP contribution in [0.4, 0.5) is 0 Å². The fraction of sp³-hybridized carbons (Fsp3) is 0.355. The molecule has 0 spiro atoms. The van der Waals surface area contributed by atoms with E-state index in [1.807, 2.05) is 0 Å². The highest BCUT2D eigenvalue weighted by molar-refractivity contribution is 5.98. The van der Waals surface area contributed by atoms with E-state index < -0.39 is 0 Å². The van der Waals surface area contributed by atoms with Gasteiger partial charge in [0.1, 0.15) is 11.5 Å². The van der Waals surface area contributed by atoms with Crippen molar-refractivity contribution < 1.29 is 9.47 Å². The molecule has 0 aliphatic carbocycles. The molecule has 0 aliphatic rings. The van der Waals surface area contributed by atoms with E-state index in [9.17, 15) is 0 Å². The van der Waals surface area contributed by atoms with E-state index in [2.05, 4.69) is 124 Å². The van der Waals surface area contributed by atoms with Crippen molar-refractivity contribution in [3.05, 3.63) is 95.6 Å². The van der Waals surface area contributed by atoms with E-state index in [0.29, 0.717) is 0 Å². The molecule has 3 rings (SSSR count). The third-order valence-electron chi connectivity index (χ3n) is 5.90. The normalized spacial score (nSPS) is 11.1. The van der Waals surface area contributed by atoms with Gasteiger partial charge in [0.2, 0.25) is 0 Å². The van der Waals surface area contributed by atoms with Crippen LogP contribution in [0.25, 0.3) is 11.1 Å². The Hall–Kier alpha value is -3.08. The van der Waals surface area contributed by atoms with Crippen LogP contribution in [0.5, 0.6) is 11.5 Å². The molecule has 0 amide bonds. The van der Waals surface area contributed by atoms with Gasteiger partial charge in [0.15, 0.2) is 0 Å². The zero-order chi connectivity index (χ0) is 25.0. The third kappa shape index (κ3) is 8.57. The molecule has 0 bridgehead atoms. The summed E-state index contributed by atoms with van der Waals surface area (Å²) in [4.78, 5) is 4.35. The van der Waals surface area contributed by atoms with Crippen molar-refractivity contribution in [2.24, 2.45) is 0 Å². The molecular weight excluding hydrogens is 432 g/mol. The SMILES string of the molecule is CC(=C(c1ccc(OCCCN(C)C)cc1)c1ccc(OCCCN(C)C)cc1)c1ccccc1. The average molecular weight is 473 g/mol. The van der Waals surface area contributed by atoms with Crippen LogP contribution in [0.3, 0.4) is 0 Å². The van der Waals surface area contributed by atoms with Crippen LogP contribution in [-0.4, -0.2) is 64.3 Å². The zero-order valence-electron chi connectivity index (χ0n) is 22.0. The van der Waals surface area contributed by atoms with Gasteiger partial charge in [0.25, 0.3) is 0 Å². The van der Waals surface area contributed by atoms with E-state index >= 15 is 0 Å². The predicted octanol–water partition coefficient (Wildman–Crippen LogP) is 6.33. The van der Waals surface area contributed by atoms with E-state index in [1.54, 1.807) is 0 Å². The molecule has 0 aromatic heterocycles. The lowest BCUT2D eigenvalue weighted by molar-refractivity contribution is 0.281. The number of hydrogen-bond acceptors (Lipinski definition) is 4. The Morgan fingerprint density at radius 3 is 1.40 bits per heavy atom. The summed E-state index contributed by atoms with van der Waals surface area (Å²) < 4.78 is 11.9. The first-order chi connectivity index (χ1) is 16.9. The Morgan fingerprint density at radius 1 is 0.571 bits per heavy atom. The van der Waals surface area contributed by atoms with Gasteiger partial charge in [-0.1, -0.05) is 54.6 Å². The molecule has 4 heteroatoms. The van der Waals surface area contributed by atoms with Gasteiger partial charge in [0.05, 0.1) is 13.2 Å². The number of nitrogens with zero attached hydrogens (tertiary/aromatic N) is 2. The van der Waals surface area contributed by atoms with Crippen molar-refractivity contribution in [2.45, 2.75) is 19.8 Å². The summed E-state index contributed by atoms with van der Waals surface area (Å²) in [7, 11) is 8.34. The topological polar surface area (TPSA) is 24.9 Å².